The summed E-state index contributed by atoms with van der Waals surface area (Å²) >= 11 is 1.45. The molecule has 0 unspecified atom stereocenters. The average molecular weight is 306 g/mol. The summed E-state index contributed by atoms with van der Waals surface area (Å²) in [4.78, 5) is 16.4. The molecule has 0 aliphatic carbocycles. The molecule has 2 aromatic heterocycles. The van der Waals surface area contributed by atoms with Crippen molar-refractivity contribution in [3.8, 4) is 0 Å². The van der Waals surface area contributed by atoms with Crippen molar-refractivity contribution in [2.24, 2.45) is 0 Å². The highest BCUT2D eigenvalue weighted by molar-refractivity contribution is 7.13. The summed E-state index contributed by atoms with van der Waals surface area (Å²) in [6.45, 7) is 6.33. The number of esters is 1. The molecule has 7 heteroatoms. The molecule has 0 aliphatic heterocycles. The van der Waals surface area contributed by atoms with Crippen LogP contribution in [-0.4, -0.2) is 27.8 Å². The summed E-state index contributed by atoms with van der Waals surface area (Å²) in [5.74, 6) is -0.268. The SMILES string of the molecule is CCOC(=O)C(C)(C)c1csc(NCc2cccnn2)n1. The number of aromatic nitrogens is 3. The van der Waals surface area contributed by atoms with E-state index in [4.69, 9.17) is 4.74 Å². The molecule has 0 saturated carbocycles. The highest BCUT2D eigenvalue weighted by atomic mass is 32.1. The highest BCUT2D eigenvalue weighted by Gasteiger charge is 2.33. The van der Waals surface area contributed by atoms with Gasteiger partial charge in [0.15, 0.2) is 5.13 Å². The molecule has 0 aromatic carbocycles. The van der Waals surface area contributed by atoms with Gasteiger partial charge in [-0.25, -0.2) is 4.98 Å². The van der Waals surface area contributed by atoms with Crippen LogP contribution in [-0.2, 0) is 21.5 Å². The van der Waals surface area contributed by atoms with E-state index in [-0.39, 0.29) is 5.97 Å². The Balaban J connectivity index is 2.02. The van der Waals surface area contributed by atoms with Gasteiger partial charge in [0.25, 0.3) is 0 Å². The van der Waals surface area contributed by atoms with Crippen LogP contribution in [0.25, 0.3) is 0 Å². The smallest absolute Gasteiger partial charge is 0.317 e. The normalized spacial score (nSPS) is 11.2. The van der Waals surface area contributed by atoms with Crippen LogP contribution in [0, 0.1) is 0 Å². The summed E-state index contributed by atoms with van der Waals surface area (Å²) in [7, 11) is 0. The number of hydrogen-bond acceptors (Lipinski definition) is 7. The Morgan fingerprint density at radius 2 is 2.29 bits per heavy atom. The van der Waals surface area contributed by atoms with Gasteiger partial charge in [0, 0.05) is 11.6 Å². The van der Waals surface area contributed by atoms with E-state index in [0.717, 1.165) is 10.8 Å². The lowest BCUT2D eigenvalue weighted by molar-refractivity contribution is -0.148. The molecule has 0 aliphatic rings. The molecule has 6 nitrogen and oxygen atoms in total. The van der Waals surface area contributed by atoms with E-state index in [2.05, 4.69) is 20.5 Å². The molecule has 0 spiro atoms. The molecule has 0 fully saturated rings. The van der Waals surface area contributed by atoms with Gasteiger partial charge in [-0.1, -0.05) is 0 Å². The molecule has 2 rings (SSSR count). The first-order chi connectivity index (χ1) is 10.0. The molecule has 2 heterocycles. The number of carbonyl (C=O) groups excluding carboxylic acids is 1. The Kier molecular flexibility index (Phi) is 4.85. The van der Waals surface area contributed by atoms with Gasteiger partial charge in [-0.15, -0.1) is 11.3 Å². The van der Waals surface area contributed by atoms with Crippen LogP contribution in [0.5, 0.6) is 0 Å². The van der Waals surface area contributed by atoms with E-state index in [1.807, 2.05) is 31.4 Å². The van der Waals surface area contributed by atoms with Crippen LogP contribution in [0.1, 0.15) is 32.2 Å². The molecule has 21 heavy (non-hydrogen) atoms. The minimum Gasteiger partial charge on any atom is -0.465 e. The van der Waals surface area contributed by atoms with E-state index in [9.17, 15) is 4.79 Å². The maximum atomic E-state index is 12.0. The van der Waals surface area contributed by atoms with Gasteiger partial charge in [-0.05, 0) is 32.9 Å². The predicted octanol–water partition coefficient (Wildman–Crippen LogP) is 2.39. The number of carbonyl (C=O) groups is 1. The first-order valence-electron chi connectivity index (χ1n) is 6.67. The topological polar surface area (TPSA) is 77.0 Å². The molecule has 0 radical (unpaired) electrons. The first-order valence-corrected chi connectivity index (χ1v) is 7.55. The lowest BCUT2D eigenvalue weighted by Crippen LogP contribution is -2.31. The van der Waals surface area contributed by atoms with Crippen LogP contribution in [0.2, 0.25) is 0 Å². The minimum absolute atomic E-state index is 0.268. The van der Waals surface area contributed by atoms with Crippen molar-refractivity contribution in [3.63, 3.8) is 0 Å². The Morgan fingerprint density at radius 1 is 1.48 bits per heavy atom. The van der Waals surface area contributed by atoms with Crippen molar-refractivity contribution in [1.29, 1.82) is 0 Å². The number of rotatable bonds is 6. The molecule has 2 aromatic rings. The predicted molar refractivity (Wildman–Crippen MR) is 81.1 cm³/mol. The minimum atomic E-state index is -0.751. The molecular formula is C14H18N4O2S. The maximum Gasteiger partial charge on any atom is 0.317 e. The van der Waals surface area contributed by atoms with E-state index in [0.29, 0.717) is 18.8 Å². The van der Waals surface area contributed by atoms with E-state index in [1.165, 1.54) is 11.3 Å². The Morgan fingerprint density at radius 3 is 2.95 bits per heavy atom. The van der Waals surface area contributed by atoms with Crippen LogP contribution in [0.3, 0.4) is 0 Å². The number of nitrogens with zero attached hydrogens (tertiary/aromatic N) is 3. The van der Waals surface area contributed by atoms with Crippen molar-refractivity contribution in [1.82, 2.24) is 15.2 Å². The Bertz CT molecular complexity index is 598. The van der Waals surface area contributed by atoms with E-state index in [1.54, 1.807) is 13.1 Å². The zero-order valence-corrected chi connectivity index (χ0v) is 13.1. The van der Waals surface area contributed by atoms with Gasteiger partial charge in [-0.3, -0.25) is 4.79 Å². The van der Waals surface area contributed by atoms with Gasteiger partial charge < -0.3 is 10.1 Å². The van der Waals surface area contributed by atoms with Gasteiger partial charge >= 0.3 is 5.97 Å². The fraction of sp³-hybridized carbons (Fsp3) is 0.429. The second-order valence-corrected chi connectivity index (χ2v) is 5.81. The quantitative estimate of drug-likeness (QED) is 0.826. The van der Waals surface area contributed by atoms with Crippen LogP contribution in [0.4, 0.5) is 5.13 Å². The Hall–Kier alpha value is -2.02. The van der Waals surface area contributed by atoms with Crippen LogP contribution in [0.15, 0.2) is 23.7 Å². The molecule has 1 N–H and O–H groups in total. The van der Waals surface area contributed by atoms with Gasteiger partial charge in [0.05, 0.1) is 24.5 Å². The van der Waals surface area contributed by atoms with Crippen molar-refractivity contribution >= 4 is 22.4 Å². The lowest BCUT2D eigenvalue weighted by Gasteiger charge is -2.19. The van der Waals surface area contributed by atoms with Crippen molar-refractivity contribution < 1.29 is 9.53 Å². The fourth-order valence-electron chi connectivity index (χ4n) is 1.65. The third kappa shape index (κ3) is 3.75. The summed E-state index contributed by atoms with van der Waals surface area (Å²) in [5.41, 5.74) is 0.783. The molecular weight excluding hydrogens is 288 g/mol. The second-order valence-electron chi connectivity index (χ2n) is 4.95. The average Bonchev–Trinajstić information content (AvgIpc) is 2.96. The van der Waals surface area contributed by atoms with Crippen molar-refractivity contribution in [2.75, 3.05) is 11.9 Å². The molecule has 0 saturated heterocycles. The zero-order chi connectivity index (χ0) is 15.3. The molecule has 0 atom stereocenters. The number of nitrogens with one attached hydrogen (secondary N) is 1. The van der Waals surface area contributed by atoms with E-state index >= 15 is 0 Å². The van der Waals surface area contributed by atoms with Gasteiger partial charge in [0.1, 0.15) is 5.41 Å². The largest absolute Gasteiger partial charge is 0.465 e. The maximum absolute atomic E-state index is 12.0. The van der Waals surface area contributed by atoms with Gasteiger partial charge in [0.2, 0.25) is 0 Å². The monoisotopic (exact) mass is 306 g/mol. The third-order valence-electron chi connectivity index (χ3n) is 2.98. The van der Waals surface area contributed by atoms with Gasteiger partial charge in [-0.2, -0.15) is 10.2 Å². The molecule has 0 bridgehead atoms. The summed E-state index contributed by atoms with van der Waals surface area (Å²) in [5, 5.41) is 13.6. The number of thiazole rings is 1. The fourth-order valence-corrected chi connectivity index (χ4v) is 2.53. The summed E-state index contributed by atoms with van der Waals surface area (Å²) in [6.07, 6.45) is 1.63. The first kappa shape index (κ1) is 15.4. The molecule has 0 amide bonds. The summed E-state index contributed by atoms with van der Waals surface area (Å²) in [6, 6.07) is 3.72. The van der Waals surface area contributed by atoms with E-state index < -0.39 is 5.41 Å². The second kappa shape index (κ2) is 6.62. The number of hydrogen-bond donors (Lipinski definition) is 1. The lowest BCUT2D eigenvalue weighted by atomic mass is 9.90. The number of anilines is 1. The van der Waals surface area contributed by atoms with Crippen molar-refractivity contribution in [3.05, 3.63) is 35.1 Å². The highest BCUT2D eigenvalue weighted by Crippen LogP contribution is 2.28. The third-order valence-corrected chi connectivity index (χ3v) is 3.78. The Labute approximate surface area is 127 Å². The zero-order valence-electron chi connectivity index (χ0n) is 12.3. The summed E-state index contributed by atoms with van der Waals surface area (Å²) < 4.78 is 5.09. The number of ether oxygens (including phenoxy) is 1. The van der Waals surface area contributed by atoms with Crippen molar-refractivity contribution in [2.45, 2.75) is 32.7 Å². The van der Waals surface area contributed by atoms with Crippen LogP contribution < -0.4 is 5.32 Å². The standard InChI is InChI=1S/C14H18N4O2S/c1-4-20-12(19)14(2,3)11-9-21-13(17-11)15-8-10-6-5-7-16-18-10/h5-7,9H,4,8H2,1-3H3,(H,15,17). The molecule has 112 valence electrons. The van der Waals surface area contributed by atoms with Crippen LogP contribution >= 0.6 is 11.3 Å².